The summed E-state index contributed by atoms with van der Waals surface area (Å²) < 4.78 is 121. The van der Waals surface area contributed by atoms with Crippen molar-refractivity contribution in [2.45, 2.75) is 70.2 Å². The zero-order valence-corrected chi connectivity index (χ0v) is 23.2. The lowest BCUT2D eigenvalue weighted by molar-refractivity contribution is -0.308. The smallest absolute Gasteiger partial charge is 0.434 e. The van der Waals surface area contributed by atoms with Crippen LogP contribution in [0.4, 0.5) is 50.0 Å². The van der Waals surface area contributed by atoms with Gasteiger partial charge in [0.2, 0.25) is 0 Å². The van der Waals surface area contributed by atoms with Crippen molar-refractivity contribution in [1.82, 2.24) is 9.80 Å². The number of carbonyl (C=O) groups is 2. The number of benzene rings is 1. The molecule has 1 N–H and O–H groups in total. The quantitative estimate of drug-likeness (QED) is 0.383. The molecule has 3 aliphatic rings. The van der Waals surface area contributed by atoms with Gasteiger partial charge in [-0.2, -0.15) is 39.5 Å². The highest BCUT2D eigenvalue weighted by Gasteiger charge is 2.60. The standard InChI is InChI=1S/C27H32F9N3O4/c1-23(21(40)41)5-2-9-39(15-23)19-13-18(25(28,29)30)4-3-17(19)14-37-10-6-24(16-37)7-11-38(12-8-24)22(42)43-20(26(31,32)33)27(34,35)36/h3-4,13,20H,2,5-12,14-16H2,1H3,(H,40,41). The number of aliphatic carboxylic acids is 1. The van der Waals surface area contributed by atoms with Crippen LogP contribution in [-0.2, 0) is 22.3 Å². The van der Waals surface area contributed by atoms with Gasteiger partial charge in [0.05, 0.1) is 11.0 Å². The zero-order valence-electron chi connectivity index (χ0n) is 23.2. The number of hydrogen-bond acceptors (Lipinski definition) is 5. The van der Waals surface area contributed by atoms with E-state index in [1.807, 2.05) is 4.90 Å². The van der Waals surface area contributed by atoms with Crippen molar-refractivity contribution in [3.63, 3.8) is 0 Å². The molecule has 1 atom stereocenters. The molecule has 4 rings (SSSR count). The predicted octanol–water partition coefficient (Wildman–Crippen LogP) is 6.31. The van der Waals surface area contributed by atoms with Crippen LogP contribution in [-0.4, -0.2) is 84.7 Å². The minimum absolute atomic E-state index is 0.0377. The van der Waals surface area contributed by atoms with Crippen molar-refractivity contribution in [2.75, 3.05) is 44.2 Å². The summed E-state index contributed by atoms with van der Waals surface area (Å²) in [5.41, 5.74) is -1.50. The number of nitrogens with zero attached hydrogens (tertiary/aromatic N) is 3. The maximum absolute atomic E-state index is 13.6. The number of hydrogen-bond donors (Lipinski definition) is 1. The van der Waals surface area contributed by atoms with Crippen LogP contribution in [0.15, 0.2) is 18.2 Å². The molecule has 242 valence electrons. The van der Waals surface area contributed by atoms with E-state index >= 15 is 0 Å². The van der Waals surface area contributed by atoms with Gasteiger partial charge in [0.1, 0.15) is 0 Å². The second-order valence-electron chi connectivity index (χ2n) is 12.0. The number of halogens is 9. The molecule has 16 heteroatoms. The molecule has 7 nitrogen and oxygen atoms in total. The Hall–Kier alpha value is -2.91. The van der Waals surface area contributed by atoms with E-state index < -0.39 is 47.7 Å². The number of amides is 1. The first-order valence-corrected chi connectivity index (χ1v) is 13.7. The molecular formula is C27H32F9N3O4. The number of piperidine rings is 2. The van der Waals surface area contributed by atoms with E-state index in [0.29, 0.717) is 63.0 Å². The second kappa shape index (κ2) is 11.5. The van der Waals surface area contributed by atoms with Gasteiger partial charge in [-0.1, -0.05) is 6.07 Å². The highest BCUT2D eigenvalue weighted by Crippen LogP contribution is 2.43. The summed E-state index contributed by atoms with van der Waals surface area (Å²) in [7, 11) is 0. The highest BCUT2D eigenvalue weighted by atomic mass is 19.4. The van der Waals surface area contributed by atoms with Gasteiger partial charge in [-0.3, -0.25) is 9.69 Å². The lowest BCUT2D eigenvalue weighted by atomic mass is 9.78. The molecule has 3 fully saturated rings. The summed E-state index contributed by atoms with van der Waals surface area (Å²) in [5.74, 6) is -1.03. The summed E-state index contributed by atoms with van der Waals surface area (Å²) >= 11 is 0. The Morgan fingerprint density at radius 2 is 1.51 bits per heavy atom. The first-order chi connectivity index (χ1) is 19.7. The fourth-order valence-corrected chi connectivity index (χ4v) is 6.26. The van der Waals surface area contributed by atoms with Gasteiger partial charge in [-0.05, 0) is 68.7 Å². The third kappa shape index (κ3) is 7.43. The van der Waals surface area contributed by atoms with Gasteiger partial charge in [0.15, 0.2) is 0 Å². The average molecular weight is 634 g/mol. The average Bonchev–Trinajstić information content (AvgIpc) is 3.27. The molecule has 0 bridgehead atoms. The highest BCUT2D eigenvalue weighted by molar-refractivity contribution is 5.76. The molecule has 3 aliphatic heterocycles. The fraction of sp³-hybridized carbons (Fsp3) is 0.704. The number of ether oxygens (including phenoxy) is 1. The Bertz CT molecular complexity index is 1180. The van der Waals surface area contributed by atoms with Crippen LogP contribution in [0.2, 0.25) is 0 Å². The van der Waals surface area contributed by atoms with E-state index in [1.165, 1.54) is 6.07 Å². The number of anilines is 1. The molecule has 1 amide bonds. The first-order valence-electron chi connectivity index (χ1n) is 13.7. The second-order valence-corrected chi connectivity index (χ2v) is 12.0. The first kappa shape index (κ1) is 33.0. The molecular weight excluding hydrogens is 601 g/mol. The SMILES string of the molecule is CC1(C(=O)O)CCCN(c2cc(C(F)(F)F)ccc2CN2CCC3(CCN(C(=O)OC(C(F)(F)F)C(F)(F)F)CC3)C2)C1. The van der Waals surface area contributed by atoms with Crippen LogP contribution in [0.1, 0.15) is 50.2 Å². The van der Waals surface area contributed by atoms with Gasteiger partial charge in [0, 0.05) is 45.0 Å². The Labute approximate surface area is 241 Å². The zero-order chi connectivity index (χ0) is 32.0. The van der Waals surface area contributed by atoms with E-state index in [4.69, 9.17) is 0 Å². The van der Waals surface area contributed by atoms with Crippen molar-refractivity contribution in [2.24, 2.45) is 10.8 Å². The Morgan fingerprint density at radius 3 is 2.07 bits per heavy atom. The molecule has 1 aromatic rings. The molecule has 1 aromatic carbocycles. The van der Waals surface area contributed by atoms with Gasteiger partial charge < -0.3 is 19.6 Å². The third-order valence-electron chi connectivity index (χ3n) is 8.77. The predicted molar refractivity (Wildman–Crippen MR) is 134 cm³/mol. The van der Waals surface area contributed by atoms with Crippen molar-refractivity contribution in [3.8, 4) is 0 Å². The number of rotatable bonds is 5. The van der Waals surface area contributed by atoms with Crippen LogP contribution in [0.5, 0.6) is 0 Å². The fourth-order valence-electron chi connectivity index (χ4n) is 6.26. The molecule has 1 unspecified atom stereocenters. The van der Waals surface area contributed by atoms with Crippen molar-refractivity contribution < 1.29 is 58.9 Å². The number of alkyl halides is 9. The van der Waals surface area contributed by atoms with Gasteiger partial charge >= 0.3 is 30.6 Å². The molecule has 1 spiro atoms. The summed E-state index contributed by atoms with van der Waals surface area (Å²) in [5, 5.41) is 9.71. The number of carbonyl (C=O) groups excluding carboxylic acids is 1. The van der Waals surface area contributed by atoms with E-state index in [1.54, 1.807) is 11.8 Å². The molecule has 3 saturated heterocycles. The van der Waals surface area contributed by atoms with E-state index in [-0.39, 0.29) is 31.6 Å². The number of carboxylic acids is 1. The maximum atomic E-state index is 13.6. The van der Waals surface area contributed by atoms with E-state index in [0.717, 1.165) is 17.0 Å². The summed E-state index contributed by atoms with van der Waals surface area (Å²) in [6.45, 7) is 3.00. The monoisotopic (exact) mass is 633 g/mol. The van der Waals surface area contributed by atoms with Crippen molar-refractivity contribution in [3.05, 3.63) is 29.3 Å². The van der Waals surface area contributed by atoms with Crippen molar-refractivity contribution >= 4 is 17.7 Å². The normalized spacial score (nSPS) is 23.7. The molecule has 0 aromatic heterocycles. The summed E-state index contributed by atoms with van der Waals surface area (Å²) in [6.07, 6.45) is -20.1. The Balaban J connectivity index is 1.43. The van der Waals surface area contributed by atoms with Crippen LogP contribution in [0.3, 0.4) is 0 Å². The van der Waals surface area contributed by atoms with E-state index in [9.17, 15) is 54.2 Å². The minimum Gasteiger partial charge on any atom is -0.481 e. The van der Waals surface area contributed by atoms with Crippen LogP contribution < -0.4 is 4.90 Å². The maximum Gasteiger partial charge on any atom is 0.434 e. The minimum atomic E-state index is -5.81. The Kier molecular flexibility index (Phi) is 8.86. The molecule has 0 radical (unpaired) electrons. The molecule has 0 saturated carbocycles. The van der Waals surface area contributed by atoms with Crippen LogP contribution in [0.25, 0.3) is 0 Å². The summed E-state index contributed by atoms with van der Waals surface area (Å²) in [4.78, 5) is 28.5. The lowest BCUT2D eigenvalue weighted by Gasteiger charge is -2.40. The topological polar surface area (TPSA) is 73.3 Å². The van der Waals surface area contributed by atoms with Gasteiger partial charge in [-0.15, -0.1) is 0 Å². The van der Waals surface area contributed by atoms with Gasteiger partial charge in [-0.25, -0.2) is 4.79 Å². The van der Waals surface area contributed by atoms with E-state index in [2.05, 4.69) is 4.74 Å². The van der Waals surface area contributed by atoms with Gasteiger partial charge in [0.25, 0.3) is 6.10 Å². The largest absolute Gasteiger partial charge is 0.481 e. The molecule has 3 heterocycles. The van der Waals surface area contributed by atoms with Crippen LogP contribution >= 0.6 is 0 Å². The molecule has 0 aliphatic carbocycles. The van der Waals surface area contributed by atoms with Crippen LogP contribution in [0, 0.1) is 10.8 Å². The Morgan fingerprint density at radius 1 is 0.907 bits per heavy atom. The number of carboxylic acid groups (broad SMARTS) is 1. The molecule has 43 heavy (non-hydrogen) atoms. The number of likely N-dealkylation sites (tertiary alicyclic amines) is 2. The third-order valence-corrected chi connectivity index (χ3v) is 8.77. The summed E-state index contributed by atoms with van der Waals surface area (Å²) in [6, 6.07) is 3.39. The van der Waals surface area contributed by atoms with Crippen molar-refractivity contribution in [1.29, 1.82) is 0 Å². The lowest BCUT2D eigenvalue weighted by Crippen LogP contribution is -2.50.